The standard InChI is InChI=1S/C24H26N2O4/c1-2-19(27)24(12-13-24)22-20(16-6-4-3-5-7-16)21(26-30-22)17-10-8-15(9-11-17)14-18(25)23(28)29/h3-11,18-19,27H,2,12-14,25H2,1H3,(H,28,29)/t18?,19-/m1/s1. The lowest BCUT2D eigenvalue weighted by molar-refractivity contribution is -0.138. The molecule has 0 spiro atoms. The summed E-state index contributed by atoms with van der Waals surface area (Å²) in [5.41, 5.74) is 9.62. The normalized spacial score (nSPS) is 16.8. The molecular weight excluding hydrogens is 380 g/mol. The maximum absolute atomic E-state index is 11.0. The van der Waals surface area contributed by atoms with Gasteiger partial charge in [0.1, 0.15) is 11.7 Å². The van der Waals surface area contributed by atoms with E-state index in [1.54, 1.807) is 0 Å². The van der Waals surface area contributed by atoms with Crippen molar-refractivity contribution in [3.63, 3.8) is 0 Å². The van der Waals surface area contributed by atoms with Gasteiger partial charge in [0.25, 0.3) is 0 Å². The molecule has 1 fully saturated rings. The van der Waals surface area contributed by atoms with Crippen molar-refractivity contribution in [1.29, 1.82) is 0 Å². The first-order chi connectivity index (χ1) is 14.5. The number of carboxylic acid groups (broad SMARTS) is 1. The highest BCUT2D eigenvalue weighted by molar-refractivity contribution is 5.83. The van der Waals surface area contributed by atoms with Crippen LogP contribution >= 0.6 is 0 Å². The van der Waals surface area contributed by atoms with Crippen LogP contribution in [0.3, 0.4) is 0 Å². The molecule has 1 aliphatic carbocycles. The van der Waals surface area contributed by atoms with Gasteiger partial charge in [-0.05, 0) is 36.8 Å². The Balaban J connectivity index is 1.75. The van der Waals surface area contributed by atoms with Gasteiger partial charge in [0.2, 0.25) is 0 Å². The first kappa shape index (κ1) is 20.3. The second-order valence-corrected chi connectivity index (χ2v) is 8.03. The van der Waals surface area contributed by atoms with Gasteiger partial charge in [-0.3, -0.25) is 4.79 Å². The average Bonchev–Trinajstić information content (AvgIpc) is 3.46. The minimum absolute atomic E-state index is 0.261. The van der Waals surface area contributed by atoms with E-state index in [1.165, 1.54) is 0 Å². The summed E-state index contributed by atoms with van der Waals surface area (Å²) < 4.78 is 5.87. The zero-order chi connectivity index (χ0) is 21.3. The molecule has 0 bridgehead atoms. The smallest absolute Gasteiger partial charge is 0.320 e. The zero-order valence-corrected chi connectivity index (χ0v) is 16.9. The van der Waals surface area contributed by atoms with Crippen LogP contribution in [-0.2, 0) is 16.6 Å². The SMILES string of the molecule is CC[C@@H](O)C1(c2onc(-c3ccc(CC(N)C(=O)O)cc3)c2-c2ccccc2)CC1. The van der Waals surface area contributed by atoms with Crippen LogP contribution in [0.25, 0.3) is 22.4 Å². The Morgan fingerprint density at radius 2 is 1.80 bits per heavy atom. The molecule has 6 heteroatoms. The van der Waals surface area contributed by atoms with Crippen molar-refractivity contribution >= 4 is 5.97 Å². The molecule has 3 aromatic rings. The van der Waals surface area contributed by atoms with Crippen LogP contribution in [0.5, 0.6) is 0 Å². The van der Waals surface area contributed by atoms with Crippen LogP contribution in [0.1, 0.15) is 37.5 Å². The summed E-state index contributed by atoms with van der Waals surface area (Å²) in [5.74, 6) is -0.272. The molecule has 4 rings (SSSR count). The summed E-state index contributed by atoms with van der Waals surface area (Å²) in [6.45, 7) is 1.98. The molecule has 4 N–H and O–H groups in total. The van der Waals surface area contributed by atoms with E-state index >= 15 is 0 Å². The molecule has 0 radical (unpaired) electrons. The lowest BCUT2D eigenvalue weighted by Gasteiger charge is -2.19. The second kappa shape index (κ2) is 8.05. The number of nitrogens with zero attached hydrogens (tertiary/aromatic N) is 1. The zero-order valence-electron chi connectivity index (χ0n) is 16.9. The van der Waals surface area contributed by atoms with Crippen LogP contribution in [0.4, 0.5) is 0 Å². The highest BCUT2D eigenvalue weighted by atomic mass is 16.5. The number of aliphatic hydroxyl groups is 1. The second-order valence-electron chi connectivity index (χ2n) is 8.03. The highest BCUT2D eigenvalue weighted by Crippen LogP contribution is 2.56. The van der Waals surface area contributed by atoms with Crippen molar-refractivity contribution in [2.24, 2.45) is 5.73 Å². The molecule has 0 amide bonds. The molecule has 1 saturated carbocycles. The molecule has 1 heterocycles. The largest absolute Gasteiger partial charge is 0.480 e. The number of benzene rings is 2. The maximum atomic E-state index is 11.0. The van der Waals surface area contributed by atoms with Crippen LogP contribution in [-0.4, -0.2) is 33.5 Å². The number of aliphatic carboxylic acids is 1. The summed E-state index contributed by atoms with van der Waals surface area (Å²) in [6.07, 6.45) is 2.20. The number of aromatic nitrogens is 1. The fourth-order valence-corrected chi connectivity index (χ4v) is 4.08. The van der Waals surface area contributed by atoms with Crippen LogP contribution in [0, 0.1) is 0 Å². The first-order valence-electron chi connectivity index (χ1n) is 10.3. The third-order valence-corrected chi connectivity index (χ3v) is 6.02. The molecular formula is C24H26N2O4. The Morgan fingerprint density at radius 3 is 2.37 bits per heavy atom. The minimum Gasteiger partial charge on any atom is -0.480 e. The molecule has 6 nitrogen and oxygen atoms in total. The van der Waals surface area contributed by atoms with E-state index in [0.29, 0.717) is 6.42 Å². The summed E-state index contributed by atoms with van der Waals surface area (Å²) in [7, 11) is 0. The molecule has 2 aromatic carbocycles. The quantitative estimate of drug-likeness (QED) is 0.525. The number of hydrogen-bond acceptors (Lipinski definition) is 5. The molecule has 30 heavy (non-hydrogen) atoms. The molecule has 2 atom stereocenters. The monoisotopic (exact) mass is 406 g/mol. The van der Waals surface area contributed by atoms with Gasteiger partial charge in [-0.15, -0.1) is 0 Å². The van der Waals surface area contributed by atoms with E-state index in [4.69, 9.17) is 15.4 Å². The van der Waals surface area contributed by atoms with E-state index in [2.05, 4.69) is 5.16 Å². The van der Waals surface area contributed by atoms with Gasteiger partial charge < -0.3 is 20.5 Å². The van der Waals surface area contributed by atoms with E-state index < -0.39 is 18.1 Å². The van der Waals surface area contributed by atoms with Crippen LogP contribution < -0.4 is 5.73 Å². The van der Waals surface area contributed by atoms with Gasteiger partial charge in [0.15, 0.2) is 5.76 Å². The number of hydrogen-bond donors (Lipinski definition) is 3. The van der Waals surface area contributed by atoms with Gasteiger partial charge in [-0.2, -0.15) is 0 Å². The third kappa shape index (κ3) is 3.64. The van der Waals surface area contributed by atoms with Crippen molar-refractivity contribution in [3.8, 4) is 22.4 Å². The predicted molar refractivity (Wildman–Crippen MR) is 114 cm³/mol. The fourth-order valence-electron chi connectivity index (χ4n) is 4.08. The van der Waals surface area contributed by atoms with Gasteiger partial charge in [-0.1, -0.05) is 66.7 Å². The van der Waals surface area contributed by atoms with E-state index in [1.807, 2.05) is 61.5 Å². The predicted octanol–water partition coefficient (Wildman–Crippen LogP) is 3.77. The Morgan fingerprint density at radius 1 is 1.13 bits per heavy atom. The maximum Gasteiger partial charge on any atom is 0.320 e. The summed E-state index contributed by atoms with van der Waals surface area (Å²) in [4.78, 5) is 11.0. The average molecular weight is 406 g/mol. The number of aliphatic hydroxyl groups excluding tert-OH is 1. The summed E-state index contributed by atoms with van der Waals surface area (Å²) in [6, 6.07) is 16.6. The van der Waals surface area contributed by atoms with Gasteiger partial charge in [0.05, 0.1) is 17.1 Å². The third-order valence-electron chi connectivity index (χ3n) is 6.02. The van der Waals surface area contributed by atoms with Gasteiger partial charge in [0, 0.05) is 5.56 Å². The molecule has 156 valence electrons. The van der Waals surface area contributed by atoms with Crippen LogP contribution in [0.2, 0.25) is 0 Å². The Bertz CT molecular complexity index is 1020. The van der Waals surface area contributed by atoms with Gasteiger partial charge in [-0.25, -0.2) is 0 Å². The minimum atomic E-state index is -1.02. The van der Waals surface area contributed by atoms with Crippen LogP contribution in [0.15, 0.2) is 59.1 Å². The first-order valence-corrected chi connectivity index (χ1v) is 10.3. The molecule has 1 unspecified atom stereocenters. The number of rotatable bonds is 8. The van der Waals surface area contributed by atoms with Gasteiger partial charge >= 0.3 is 5.97 Å². The van der Waals surface area contributed by atoms with E-state index in [-0.39, 0.29) is 11.8 Å². The number of carbonyl (C=O) groups is 1. The molecule has 1 aliphatic rings. The van der Waals surface area contributed by atoms with Crippen molar-refractivity contribution in [1.82, 2.24) is 5.16 Å². The fraction of sp³-hybridized carbons (Fsp3) is 0.333. The number of carboxylic acids is 1. The molecule has 1 aromatic heterocycles. The van der Waals surface area contributed by atoms with Crippen molar-refractivity contribution < 1.29 is 19.5 Å². The van der Waals surface area contributed by atoms with Crippen molar-refractivity contribution in [2.75, 3.05) is 0 Å². The van der Waals surface area contributed by atoms with E-state index in [9.17, 15) is 9.90 Å². The number of nitrogens with two attached hydrogens (primary N) is 1. The van der Waals surface area contributed by atoms with Crippen molar-refractivity contribution in [2.45, 2.75) is 50.2 Å². The molecule has 0 aliphatic heterocycles. The Hall–Kier alpha value is -2.96. The summed E-state index contributed by atoms with van der Waals surface area (Å²) >= 11 is 0. The van der Waals surface area contributed by atoms with E-state index in [0.717, 1.165) is 46.5 Å². The van der Waals surface area contributed by atoms with Crippen molar-refractivity contribution in [3.05, 3.63) is 65.9 Å². The highest BCUT2D eigenvalue weighted by Gasteiger charge is 2.54. The lowest BCUT2D eigenvalue weighted by Crippen LogP contribution is -2.32. The molecule has 0 saturated heterocycles. The topological polar surface area (TPSA) is 110 Å². The Kier molecular flexibility index (Phi) is 5.45. The lowest BCUT2D eigenvalue weighted by atomic mass is 9.87. The Labute approximate surface area is 175 Å². The summed E-state index contributed by atoms with van der Waals surface area (Å²) in [5, 5.41) is 24.1.